The van der Waals surface area contributed by atoms with Gasteiger partial charge in [0.05, 0.1) is 12.3 Å². The molecule has 0 aliphatic carbocycles. The van der Waals surface area contributed by atoms with Gasteiger partial charge in [-0.1, -0.05) is 30.3 Å². The molecule has 2 unspecified atom stereocenters. The van der Waals surface area contributed by atoms with Gasteiger partial charge in [-0.15, -0.1) is 0 Å². The van der Waals surface area contributed by atoms with E-state index in [0.29, 0.717) is 24.6 Å². The molecule has 1 amide bonds. The lowest BCUT2D eigenvalue weighted by Crippen LogP contribution is -2.37. The summed E-state index contributed by atoms with van der Waals surface area (Å²) < 4.78 is 25.4. The van der Waals surface area contributed by atoms with Crippen LogP contribution in [-0.4, -0.2) is 53.2 Å². The van der Waals surface area contributed by atoms with E-state index in [4.69, 9.17) is 0 Å². The van der Waals surface area contributed by atoms with E-state index in [1.165, 1.54) is 6.92 Å². The standard InChI is InChI=1S/C15H19N5O3S/c1-10(21)20-9-12(19-24(2,22)23)8-13(20)15-16-14(17-18-15)11-6-4-3-5-7-11/h3-7,12-13,19H,8-9H2,1-2H3,(H,16,17,18). The first-order chi connectivity index (χ1) is 11.3. The molecule has 1 saturated heterocycles. The topological polar surface area (TPSA) is 108 Å². The molecule has 0 saturated carbocycles. The number of aromatic nitrogens is 3. The highest BCUT2D eigenvalue weighted by atomic mass is 32.2. The number of H-pyrrole nitrogens is 1. The van der Waals surface area contributed by atoms with Crippen LogP contribution in [0.5, 0.6) is 0 Å². The fourth-order valence-corrected chi connectivity index (χ4v) is 3.75. The van der Waals surface area contributed by atoms with E-state index in [1.54, 1.807) is 4.90 Å². The maximum Gasteiger partial charge on any atom is 0.220 e. The highest BCUT2D eigenvalue weighted by molar-refractivity contribution is 7.88. The Morgan fingerprint density at radius 2 is 2.04 bits per heavy atom. The maximum absolute atomic E-state index is 11.9. The Bertz CT molecular complexity index is 834. The molecule has 1 fully saturated rings. The summed E-state index contributed by atoms with van der Waals surface area (Å²) in [4.78, 5) is 18.0. The largest absolute Gasteiger partial charge is 0.331 e. The average Bonchev–Trinajstić information content (AvgIpc) is 3.13. The van der Waals surface area contributed by atoms with E-state index in [-0.39, 0.29) is 18.0 Å². The Hall–Kier alpha value is -2.26. The van der Waals surface area contributed by atoms with Crippen molar-refractivity contribution in [2.24, 2.45) is 0 Å². The molecule has 3 rings (SSSR count). The molecule has 9 heteroatoms. The molecule has 2 aromatic rings. The molecular weight excluding hydrogens is 330 g/mol. The summed E-state index contributed by atoms with van der Waals surface area (Å²) in [5.74, 6) is 0.978. The van der Waals surface area contributed by atoms with Crippen molar-refractivity contribution in [2.75, 3.05) is 12.8 Å². The predicted octanol–water partition coefficient (Wildman–Crippen LogP) is 0.683. The number of benzene rings is 1. The third-order valence-corrected chi connectivity index (χ3v) is 4.70. The molecule has 8 nitrogen and oxygen atoms in total. The number of carbonyl (C=O) groups excluding carboxylic acids is 1. The van der Waals surface area contributed by atoms with Gasteiger partial charge in [0, 0.05) is 25.1 Å². The normalized spacial score (nSPS) is 21.2. The third kappa shape index (κ3) is 3.62. The summed E-state index contributed by atoms with van der Waals surface area (Å²) >= 11 is 0. The van der Waals surface area contributed by atoms with Crippen molar-refractivity contribution in [2.45, 2.75) is 25.4 Å². The summed E-state index contributed by atoms with van der Waals surface area (Å²) in [7, 11) is -3.33. The molecule has 1 aliphatic rings. The lowest BCUT2D eigenvalue weighted by atomic mass is 10.1. The van der Waals surface area contributed by atoms with Crippen molar-refractivity contribution in [3.05, 3.63) is 36.2 Å². The predicted molar refractivity (Wildman–Crippen MR) is 88.3 cm³/mol. The molecule has 2 heterocycles. The molecule has 1 aromatic carbocycles. The Kier molecular flexibility index (Phi) is 4.37. The van der Waals surface area contributed by atoms with Crippen LogP contribution in [0, 0.1) is 0 Å². The van der Waals surface area contributed by atoms with Crippen molar-refractivity contribution in [3.63, 3.8) is 0 Å². The first-order valence-electron chi connectivity index (χ1n) is 7.56. The second-order valence-electron chi connectivity index (χ2n) is 5.92. The van der Waals surface area contributed by atoms with Crippen LogP contribution in [0.25, 0.3) is 11.4 Å². The van der Waals surface area contributed by atoms with Crippen LogP contribution in [0.3, 0.4) is 0 Å². The van der Waals surface area contributed by atoms with Gasteiger partial charge < -0.3 is 4.90 Å². The van der Waals surface area contributed by atoms with Crippen LogP contribution in [0.15, 0.2) is 30.3 Å². The Morgan fingerprint density at radius 1 is 1.33 bits per heavy atom. The fourth-order valence-electron chi connectivity index (χ4n) is 2.97. The van der Waals surface area contributed by atoms with E-state index in [0.717, 1.165) is 11.8 Å². The van der Waals surface area contributed by atoms with Crippen molar-refractivity contribution in [1.29, 1.82) is 0 Å². The minimum atomic E-state index is -3.33. The zero-order chi connectivity index (χ0) is 17.3. The summed E-state index contributed by atoms with van der Waals surface area (Å²) in [5.41, 5.74) is 0.873. The number of carbonyl (C=O) groups is 1. The second-order valence-corrected chi connectivity index (χ2v) is 7.70. The molecule has 0 spiro atoms. The van der Waals surface area contributed by atoms with Gasteiger partial charge in [-0.2, -0.15) is 5.10 Å². The average molecular weight is 349 g/mol. The summed E-state index contributed by atoms with van der Waals surface area (Å²) in [6.45, 7) is 1.78. The quantitative estimate of drug-likeness (QED) is 0.844. The second kappa shape index (κ2) is 6.33. The van der Waals surface area contributed by atoms with Crippen LogP contribution < -0.4 is 4.72 Å². The number of likely N-dealkylation sites (tertiary alicyclic amines) is 1. The van der Waals surface area contributed by atoms with E-state index in [2.05, 4.69) is 19.9 Å². The van der Waals surface area contributed by atoms with Crippen LogP contribution in [0.2, 0.25) is 0 Å². The minimum Gasteiger partial charge on any atom is -0.331 e. The van der Waals surface area contributed by atoms with Gasteiger partial charge in [0.2, 0.25) is 15.9 Å². The van der Waals surface area contributed by atoms with Crippen LogP contribution in [-0.2, 0) is 14.8 Å². The first kappa shape index (κ1) is 16.6. The van der Waals surface area contributed by atoms with Crippen LogP contribution >= 0.6 is 0 Å². The number of sulfonamides is 1. The number of aromatic amines is 1. The third-order valence-electron chi connectivity index (χ3n) is 3.94. The number of nitrogens with one attached hydrogen (secondary N) is 2. The van der Waals surface area contributed by atoms with E-state index >= 15 is 0 Å². The van der Waals surface area contributed by atoms with Gasteiger partial charge in [-0.05, 0) is 6.42 Å². The molecule has 2 N–H and O–H groups in total. The molecular formula is C15H19N5O3S. The molecule has 0 radical (unpaired) electrons. The van der Waals surface area contributed by atoms with Gasteiger partial charge in [0.1, 0.15) is 5.82 Å². The summed E-state index contributed by atoms with van der Waals surface area (Å²) in [6.07, 6.45) is 1.57. The highest BCUT2D eigenvalue weighted by Gasteiger charge is 2.37. The van der Waals surface area contributed by atoms with Crippen molar-refractivity contribution < 1.29 is 13.2 Å². The molecule has 2 atom stereocenters. The smallest absolute Gasteiger partial charge is 0.220 e. The van der Waals surface area contributed by atoms with Crippen molar-refractivity contribution in [3.8, 4) is 11.4 Å². The number of nitrogens with zero attached hydrogens (tertiary/aromatic N) is 3. The van der Waals surface area contributed by atoms with Gasteiger partial charge in [0.25, 0.3) is 0 Å². The first-order valence-corrected chi connectivity index (χ1v) is 9.45. The summed E-state index contributed by atoms with van der Waals surface area (Å²) in [5, 5.41) is 7.09. The molecule has 24 heavy (non-hydrogen) atoms. The molecule has 128 valence electrons. The number of hydrogen-bond donors (Lipinski definition) is 2. The van der Waals surface area contributed by atoms with Gasteiger partial charge >= 0.3 is 0 Å². The lowest BCUT2D eigenvalue weighted by Gasteiger charge is -2.20. The van der Waals surface area contributed by atoms with Crippen LogP contribution in [0.4, 0.5) is 0 Å². The Morgan fingerprint density at radius 3 is 2.67 bits per heavy atom. The zero-order valence-electron chi connectivity index (χ0n) is 13.4. The number of rotatable bonds is 4. The van der Waals surface area contributed by atoms with Gasteiger partial charge in [0.15, 0.2) is 5.82 Å². The van der Waals surface area contributed by atoms with Crippen molar-refractivity contribution in [1.82, 2.24) is 24.8 Å². The van der Waals surface area contributed by atoms with Crippen LogP contribution in [0.1, 0.15) is 25.2 Å². The molecule has 1 aromatic heterocycles. The molecule has 1 aliphatic heterocycles. The Balaban J connectivity index is 1.84. The zero-order valence-corrected chi connectivity index (χ0v) is 14.2. The minimum absolute atomic E-state index is 0.129. The van der Waals surface area contributed by atoms with Gasteiger partial charge in [-0.25, -0.2) is 18.1 Å². The lowest BCUT2D eigenvalue weighted by molar-refractivity contribution is -0.129. The van der Waals surface area contributed by atoms with E-state index in [1.807, 2.05) is 30.3 Å². The number of amides is 1. The summed E-state index contributed by atoms with van der Waals surface area (Å²) in [6, 6.07) is 8.85. The van der Waals surface area contributed by atoms with Gasteiger partial charge in [-0.3, -0.25) is 9.89 Å². The number of hydrogen-bond acceptors (Lipinski definition) is 5. The fraction of sp³-hybridized carbons (Fsp3) is 0.400. The van der Waals surface area contributed by atoms with E-state index in [9.17, 15) is 13.2 Å². The molecule has 0 bridgehead atoms. The SMILES string of the molecule is CC(=O)N1CC(NS(C)(=O)=O)CC1c1nc(-c2ccccc2)n[nH]1. The monoisotopic (exact) mass is 349 g/mol. The van der Waals surface area contributed by atoms with Crippen molar-refractivity contribution >= 4 is 15.9 Å². The Labute approximate surface area is 140 Å². The highest BCUT2D eigenvalue weighted by Crippen LogP contribution is 2.31. The van der Waals surface area contributed by atoms with E-state index < -0.39 is 10.0 Å². The maximum atomic E-state index is 11.9.